The molecule has 1 fully saturated rings. The zero-order chi connectivity index (χ0) is 19.1. The highest BCUT2D eigenvalue weighted by Gasteiger charge is 2.24. The van der Waals surface area contributed by atoms with Crippen LogP contribution in [-0.4, -0.2) is 29.3 Å². The summed E-state index contributed by atoms with van der Waals surface area (Å²) in [5.41, 5.74) is 3.25. The number of rotatable bonds is 4. The summed E-state index contributed by atoms with van der Waals surface area (Å²) < 4.78 is 3.93. The molecular weight excluding hydrogens is 352 g/mol. The Hall–Kier alpha value is -3.22. The van der Waals surface area contributed by atoms with E-state index >= 15 is 0 Å². The van der Waals surface area contributed by atoms with Gasteiger partial charge in [-0.25, -0.2) is 14.6 Å². The SMILES string of the molecule is CCc1nn(C2CCCC2)c2nc(-c3cccc(-n4ccnc4)c3)[nH]c(=O)c12. The second-order valence-corrected chi connectivity index (χ2v) is 7.32. The number of aryl methyl sites for hydroxylation is 1. The normalized spacial score (nSPS) is 14.9. The molecule has 28 heavy (non-hydrogen) atoms. The van der Waals surface area contributed by atoms with Gasteiger partial charge in [0.15, 0.2) is 5.65 Å². The summed E-state index contributed by atoms with van der Waals surface area (Å²) in [5.74, 6) is 0.571. The van der Waals surface area contributed by atoms with E-state index in [1.54, 1.807) is 12.5 Å². The number of hydrogen-bond acceptors (Lipinski definition) is 4. The first-order valence-corrected chi connectivity index (χ1v) is 9.85. The molecule has 1 saturated carbocycles. The number of nitrogens with zero attached hydrogens (tertiary/aromatic N) is 5. The van der Waals surface area contributed by atoms with E-state index in [2.05, 4.69) is 9.97 Å². The van der Waals surface area contributed by atoms with Crippen molar-refractivity contribution >= 4 is 11.0 Å². The molecule has 0 aliphatic heterocycles. The van der Waals surface area contributed by atoms with Crippen LogP contribution in [0, 0.1) is 0 Å². The van der Waals surface area contributed by atoms with Crippen molar-refractivity contribution in [2.45, 2.75) is 45.1 Å². The van der Waals surface area contributed by atoms with Crippen LogP contribution in [0.1, 0.15) is 44.3 Å². The number of fused-ring (bicyclic) bond motifs is 1. The van der Waals surface area contributed by atoms with Crippen LogP contribution in [0.4, 0.5) is 0 Å². The van der Waals surface area contributed by atoms with Crippen LogP contribution in [0.25, 0.3) is 28.1 Å². The summed E-state index contributed by atoms with van der Waals surface area (Å²) in [4.78, 5) is 24.9. The van der Waals surface area contributed by atoms with Gasteiger partial charge in [0.1, 0.15) is 11.2 Å². The fraction of sp³-hybridized carbons (Fsp3) is 0.333. The largest absolute Gasteiger partial charge is 0.306 e. The summed E-state index contributed by atoms with van der Waals surface area (Å²) in [6.07, 6.45) is 10.7. The lowest BCUT2D eigenvalue weighted by molar-refractivity contribution is 0.474. The Labute approximate surface area is 162 Å². The van der Waals surface area contributed by atoms with Gasteiger partial charge in [-0.1, -0.05) is 31.9 Å². The van der Waals surface area contributed by atoms with Gasteiger partial charge >= 0.3 is 0 Å². The second-order valence-electron chi connectivity index (χ2n) is 7.32. The quantitative estimate of drug-likeness (QED) is 0.591. The van der Waals surface area contributed by atoms with Gasteiger partial charge in [-0.05, 0) is 31.4 Å². The third-order valence-corrected chi connectivity index (χ3v) is 5.56. The van der Waals surface area contributed by atoms with Crippen LogP contribution in [0.5, 0.6) is 0 Å². The number of imidazole rings is 1. The lowest BCUT2D eigenvalue weighted by Crippen LogP contribution is -2.12. The average Bonchev–Trinajstić information content (AvgIpc) is 3.47. The number of benzene rings is 1. The Morgan fingerprint density at radius 2 is 2.11 bits per heavy atom. The summed E-state index contributed by atoms with van der Waals surface area (Å²) >= 11 is 0. The molecule has 142 valence electrons. The average molecular weight is 374 g/mol. The van der Waals surface area contributed by atoms with Gasteiger partial charge in [0.25, 0.3) is 5.56 Å². The molecule has 0 bridgehead atoms. The number of H-pyrrole nitrogens is 1. The van der Waals surface area contributed by atoms with Crippen molar-refractivity contribution < 1.29 is 0 Å². The summed E-state index contributed by atoms with van der Waals surface area (Å²) in [6.45, 7) is 2.03. The third kappa shape index (κ3) is 2.74. The van der Waals surface area contributed by atoms with E-state index in [-0.39, 0.29) is 5.56 Å². The van der Waals surface area contributed by atoms with E-state index < -0.39 is 0 Å². The summed E-state index contributed by atoms with van der Waals surface area (Å²) in [5, 5.41) is 5.39. The van der Waals surface area contributed by atoms with Crippen LogP contribution in [0.2, 0.25) is 0 Å². The van der Waals surface area contributed by atoms with Crippen molar-refractivity contribution in [2.75, 3.05) is 0 Å². The van der Waals surface area contributed by atoms with Crippen molar-refractivity contribution in [1.29, 1.82) is 0 Å². The lowest BCUT2D eigenvalue weighted by Gasteiger charge is -2.11. The first-order valence-electron chi connectivity index (χ1n) is 9.85. The highest BCUT2D eigenvalue weighted by atomic mass is 16.1. The van der Waals surface area contributed by atoms with Crippen LogP contribution < -0.4 is 5.56 Å². The minimum atomic E-state index is -0.117. The van der Waals surface area contributed by atoms with Gasteiger partial charge in [-0.15, -0.1) is 0 Å². The fourth-order valence-corrected chi connectivity index (χ4v) is 4.13. The van der Waals surface area contributed by atoms with Crippen LogP contribution in [0.15, 0.2) is 47.8 Å². The second kappa shape index (κ2) is 6.74. The van der Waals surface area contributed by atoms with Crippen LogP contribution in [0.3, 0.4) is 0 Å². The number of aromatic nitrogens is 6. The van der Waals surface area contributed by atoms with E-state index in [0.29, 0.717) is 22.9 Å². The van der Waals surface area contributed by atoms with E-state index in [0.717, 1.165) is 36.2 Å². The molecule has 1 aliphatic carbocycles. The molecule has 0 atom stereocenters. The van der Waals surface area contributed by atoms with E-state index in [1.165, 1.54) is 12.8 Å². The van der Waals surface area contributed by atoms with E-state index in [4.69, 9.17) is 10.1 Å². The van der Waals surface area contributed by atoms with Gasteiger partial charge < -0.3 is 9.55 Å². The maximum atomic E-state index is 12.9. The predicted octanol–water partition coefficient (Wildman–Crippen LogP) is 3.65. The molecule has 0 amide bonds. The summed E-state index contributed by atoms with van der Waals surface area (Å²) in [6, 6.07) is 8.26. The molecule has 0 radical (unpaired) electrons. The van der Waals surface area contributed by atoms with Crippen LogP contribution in [-0.2, 0) is 6.42 Å². The Balaban J connectivity index is 1.68. The molecule has 3 aromatic heterocycles. The maximum absolute atomic E-state index is 12.9. The van der Waals surface area contributed by atoms with Gasteiger partial charge in [-0.3, -0.25) is 4.79 Å². The zero-order valence-electron chi connectivity index (χ0n) is 15.8. The molecule has 7 heteroatoms. The number of nitrogens with one attached hydrogen (secondary N) is 1. The van der Waals surface area contributed by atoms with Crippen LogP contribution >= 0.6 is 0 Å². The first-order chi connectivity index (χ1) is 13.7. The fourth-order valence-electron chi connectivity index (χ4n) is 4.13. The highest BCUT2D eigenvalue weighted by molar-refractivity contribution is 5.79. The van der Waals surface area contributed by atoms with Crippen molar-refractivity contribution in [3.63, 3.8) is 0 Å². The minimum absolute atomic E-state index is 0.117. The first kappa shape index (κ1) is 16.9. The Bertz CT molecular complexity index is 1180. The summed E-state index contributed by atoms with van der Waals surface area (Å²) in [7, 11) is 0. The molecule has 4 aromatic rings. The molecule has 1 N–H and O–H groups in total. The third-order valence-electron chi connectivity index (χ3n) is 5.56. The molecule has 1 aromatic carbocycles. The molecule has 7 nitrogen and oxygen atoms in total. The van der Waals surface area contributed by atoms with Crippen molar-refractivity contribution in [3.8, 4) is 17.1 Å². The Morgan fingerprint density at radius 1 is 1.25 bits per heavy atom. The molecular formula is C21H22N6O. The van der Waals surface area contributed by atoms with Crippen molar-refractivity contribution in [1.82, 2.24) is 29.3 Å². The van der Waals surface area contributed by atoms with E-state index in [9.17, 15) is 4.79 Å². The van der Waals surface area contributed by atoms with Gasteiger partial charge in [0.2, 0.25) is 0 Å². The van der Waals surface area contributed by atoms with Gasteiger partial charge in [-0.2, -0.15) is 5.10 Å². The predicted molar refractivity (Wildman–Crippen MR) is 108 cm³/mol. The lowest BCUT2D eigenvalue weighted by atomic mass is 10.1. The van der Waals surface area contributed by atoms with Gasteiger partial charge in [0.05, 0.1) is 18.1 Å². The zero-order valence-corrected chi connectivity index (χ0v) is 15.8. The molecule has 1 aliphatic rings. The van der Waals surface area contributed by atoms with E-state index in [1.807, 2.05) is 46.6 Å². The highest BCUT2D eigenvalue weighted by Crippen LogP contribution is 2.32. The van der Waals surface area contributed by atoms with Gasteiger partial charge in [0, 0.05) is 23.6 Å². The monoisotopic (exact) mass is 374 g/mol. The van der Waals surface area contributed by atoms with Crippen molar-refractivity contribution in [2.24, 2.45) is 0 Å². The molecule has 0 unspecified atom stereocenters. The minimum Gasteiger partial charge on any atom is -0.306 e. The standard InChI is InChI=1S/C21H22N6O/c1-2-17-18-20(27(25-17)15-7-3-4-8-15)23-19(24-21(18)28)14-6-5-9-16(12-14)26-11-10-22-13-26/h5-6,9-13,15H,2-4,7-8H2,1H3,(H,23,24,28). The molecule has 3 heterocycles. The number of hydrogen-bond donors (Lipinski definition) is 1. The molecule has 5 rings (SSSR count). The maximum Gasteiger partial charge on any atom is 0.262 e. The smallest absolute Gasteiger partial charge is 0.262 e. The Kier molecular flexibility index (Phi) is 4.07. The Morgan fingerprint density at radius 3 is 2.86 bits per heavy atom. The topological polar surface area (TPSA) is 81.4 Å². The molecule has 0 saturated heterocycles. The van der Waals surface area contributed by atoms with Crippen molar-refractivity contribution in [3.05, 3.63) is 59.0 Å². The number of aromatic amines is 1. The molecule has 0 spiro atoms.